The number of nitriles is 1. The Morgan fingerprint density at radius 1 is 1.50 bits per heavy atom. The van der Waals surface area contributed by atoms with Crippen LogP contribution in [0.1, 0.15) is 13.8 Å². The van der Waals surface area contributed by atoms with E-state index in [-0.39, 0.29) is 17.3 Å². The Kier molecular flexibility index (Phi) is 2.57. The molecule has 0 aromatic carbocycles. The second kappa shape index (κ2) is 3.16. The Balaban J connectivity index is 2.79. The summed E-state index contributed by atoms with van der Waals surface area (Å²) >= 11 is 5.07. The van der Waals surface area contributed by atoms with Crippen LogP contribution in [0.25, 0.3) is 0 Å². The standard InChI is InChI=1S/C9H9ClF3N/c1-8(2)5(6(8)4-14)3-7(10)9(11,12)13/h3,5-6H,1-2H3. The van der Waals surface area contributed by atoms with Gasteiger partial charge in [0.05, 0.1) is 12.0 Å². The Bertz CT molecular complexity index is 311. The molecule has 1 fully saturated rings. The van der Waals surface area contributed by atoms with Crippen LogP contribution in [0.3, 0.4) is 0 Å². The molecule has 1 saturated carbocycles. The Hall–Kier alpha value is -0.690. The van der Waals surface area contributed by atoms with Gasteiger partial charge in [-0.3, -0.25) is 0 Å². The zero-order valence-corrected chi connectivity index (χ0v) is 8.45. The van der Waals surface area contributed by atoms with E-state index in [1.807, 2.05) is 6.07 Å². The van der Waals surface area contributed by atoms with Crippen LogP contribution in [0.5, 0.6) is 0 Å². The fourth-order valence-corrected chi connectivity index (χ4v) is 1.62. The van der Waals surface area contributed by atoms with E-state index in [1.54, 1.807) is 13.8 Å². The quantitative estimate of drug-likeness (QED) is 0.668. The first-order valence-electron chi connectivity index (χ1n) is 4.05. The van der Waals surface area contributed by atoms with E-state index >= 15 is 0 Å². The second-order valence-corrected chi connectivity index (χ2v) is 4.37. The normalized spacial score (nSPS) is 31.1. The summed E-state index contributed by atoms with van der Waals surface area (Å²) in [6.07, 6.45) is -3.56. The summed E-state index contributed by atoms with van der Waals surface area (Å²) in [6.45, 7) is 3.51. The molecule has 78 valence electrons. The largest absolute Gasteiger partial charge is 0.426 e. The minimum atomic E-state index is -4.50. The Morgan fingerprint density at radius 2 is 2.00 bits per heavy atom. The minimum Gasteiger partial charge on any atom is -0.198 e. The molecule has 2 unspecified atom stereocenters. The summed E-state index contributed by atoms with van der Waals surface area (Å²) in [4.78, 5) is 0. The van der Waals surface area contributed by atoms with Crippen LogP contribution in [0.4, 0.5) is 13.2 Å². The zero-order valence-electron chi connectivity index (χ0n) is 7.69. The zero-order chi connectivity index (χ0) is 11.1. The lowest BCUT2D eigenvalue weighted by Gasteiger charge is -2.04. The first-order valence-corrected chi connectivity index (χ1v) is 4.43. The van der Waals surface area contributed by atoms with Crippen LogP contribution in [-0.4, -0.2) is 6.18 Å². The smallest absolute Gasteiger partial charge is 0.198 e. The maximum Gasteiger partial charge on any atom is 0.426 e. The van der Waals surface area contributed by atoms with Crippen molar-refractivity contribution in [2.45, 2.75) is 20.0 Å². The molecule has 0 saturated heterocycles. The van der Waals surface area contributed by atoms with E-state index in [0.717, 1.165) is 6.08 Å². The summed E-state index contributed by atoms with van der Waals surface area (Å²) in [7, 11) is 0. The third kappa shape index (κ3) is 1.88. The van der Waals surface area contributed by atoms with Crippen LogP contribution >= 0.6 is 11.6 Å². The van der Waals surface area contributed by atoms with E-state index in [0.29, 0.717) is 0 Å². The lowest BCUT2D eigenvalue weighted by Crippen LogP contribution is -2.07. The average molecular weight is 224 g/mol. The summed E-state index contributed by atoms with van der Waals surface area (Å²) in [5.41, 5.74) is -0.389. The van der Waals surface area contributed by atoms with Gasteiger partial charge in [0, 0.05) is 5.92 Å². The molecule has 0 radical (unpaired) electrons. The number of alkyl halides is 3. The predicted octanol–water partition coefficient (Wildman–Crippen LogP) is 3.47. The first kappa shape index (κ1) is 11.4. The highest BCUT2D eigenvalue weighted by Gasteiger charge is 2.57. The maximum atomic E-state index is 12.0. The van der Waals surface area contributed by atoms with E-state index in [9.17, 15) is 13.2 Å². The number of rotatable bonds is 1. The summed E-state index contributed by atoms with van der Waals surface area (Å²) in [5.74, 6) is -0.750. The van der Waals surface area contributed by atoms with Gasteiger partial charge in [-0.1, -0.05) is 31.5 Å². The summed E-state index contributed by atoms with van der Waals surface area (Å²) < 4.78 is 36.1. The highest BCUT2D eigenvalue weighted by Crippen LogP contribution is 2.59. The van der Waals surface area contributed by atoms with Gasteiger partial charge in [0.25, 0.3) is 0 Å². The lowest BCUT2D eigenvalue weighted by atomic mass is 10.1. The van der Waals surface area contributed by atoms with Crippen molar-refractivity contribution in [2.75, 3.05) is 0 Å². The molecule has 0 heterocycles. The molecular formula is C9H9ClF3N. The highest BCUT2D eigenvalue weighted by atomic mass is 35.5. The van der Waals surface area contributed by atoms with Gasteiger partial charge in [-0.2, -0.15) is 18.4 Å². The maximum absolute atomic E-state index is 12.0. The van der Waals surface area contributed by atoms with Crippen molar-refractivity contribution in [3.05, 3.63) is 11.1 Å². The summed E-state index contributed by atoms with van der Waals surface area (Å²) in [6, 6.07) is 1.97. The summed E-state index contributed by atoms with van der Waals surface area (Å²) in [5, 5.41) is 7.49. The van der Waals surface area contributed by atoms with E-state index in [2.05, 4.69) is 0 Å². The molecule has 0 amide bonds. The molecule has 0 bridgehead atoms. The van der Waals surface area contributed by atoms with Gasteiger partial charge in [0.1, 0.15) is 5.03 Å². The van der Waals surface area contributed by atoms with Gasteiger partial charge in [0.15, 0.2) is 0 Å². The van der Waals surface area contributed by atoms with Crippen LogP contribution in [0, 0.1) is 28.6 Å². The van der Waals surface area contributed by atoms with Gasteiger partial charge in [-0.05, 0) is 5.41 Å². The van der Waals surface area contributed by atoms with Gasteiger partial charge in [-0.15, -0.1) is 0 Å². The number of nitrogens with zero attached hydrogens (tertiary/aromatic N) is 1. The molecule has 0 aliphatic heterocycles. The van der Waals surface area contributed by atoms with Crippen molar-refractivity contribution >= 4 is 11.6 Å². The molecule has 0 aromatic heterocycles. The Labute approximate surface area is 85.2 Å². The predicted molar refractivity (Wildman–Crippen MR) is 46.4 cm³/mol. The number of halogens is 4. The van der Waals surface area contributed by atoms with Crippen LogP contribution in [0.2, 0.25) is 0 Å². The van der Waals surface area contributed by atoms with Crippen molar-refractivity contribution in [3.8, 4) is 6.07 Å². The molecule has 2 atom stereocenters. The van der Waals surface area contributed by atoms with Crippen LogP contribution < -0.4 is 0 Å². The minimum absolute atomic E-state index is 0.362. The molecule has 0 N–H and O–H groups in total. The van der Waals surface area contributed by atoms with E-state index < -0.39 is 11.2 Å². The molecule has 1 rings (SSSR count). The van der Waals surface area contributed by atoms with Crippen molar-refractivity contribution in [1.29, 1.82) is 5.26 Å². The monoisotopic (exact) mass is 223 g/mol. The molecule has 0 spiro atoms. The van der Waals surface area contributed by atoms with Crippen LogP contribution in [-0.2, 0) is 0 Å². The second-order valence-electron chi connectivity index (χ2n) is 3.97. The first-order chi connectivity index (χ1) is 6.21. The SMILES string of the molecule is CC1(C)C(C#N)C1C=C(Cl)C(F)(F)F. The van der Waals surface area contributed by atoms with Gasteiger partial charge >= 0.3 is 6.18 Å². The lowest BCUT2D eigenvalue weighted by molar-refractivity contribution is -0.0848. The third-order valence-corrected chi connectivity index (χ3v) is 2.99. The molecule has 1 aliphatic carbocycles. The fourth-order valence-electron chi connectivity index (χ4n) is 1.49. The topological polar surface area (TPSA) is 23.8 Å². The van der Waals surface area contributed by atoms with Gasteiger partial charge in [0.2, 0.25) is 0 Å². The van der Waals surface area contributed by atoms with Crippen molar-refractivity contribution in [1.82, 2.24) is 0 Å². The molecular weight excluding hydrogens is 215 g/mol. The molecule has 0 aromatic rings. The average Bonchev–Trinajstić information content (AvgIpc) is 2.51. The van der Waals surface area contributed by atoms with Gasteiger partial charge < -0.3 is 0 Å². The molecule has 5 heteroatoms. The van der Waals surface area contributed by atoms with Crippen LogP contribution in [0.15, 0.2) is 11.1 Å². The van der Waals surface area contributed by atoms with Crippen molar-refractivity contribution in [3.63, 3.8) is 0 Å². The Morgan fingerprint density at radius 3 is 2.29 bits per heavy atom. The third-order valence-electron chi connectivity index (χ3n) is 2.65. The molecule has 1 nitrogen and oxygen atoms in total. The highest BCUT2D eigenvalue weighted by molar-refractivity contribution is 6.30. The van der Waals surface area contributed by atoms with Crippen molar-refractivity contribution in [2.24, 2.45) is 17.3 Å². The number of hydrogen-bond acceptors (Lipinski definition) is 1. The molecule has 1 aliphatic rings. The molecule has 14 heavy (non-hydrogen) atoms. The van der Waals surface area contributed by atoms with Crippen molar-refractivity contribution < 1.29 is 13.2 Å². The van der Waals surface area contributed by atoms with E-state index in [1.165, 1.54) is 0 Å². The van der Waals surface area contributed by atoms with E-state index in [4.69, 9.17) is 16.9 Å². The fraction of sp³-hybridized carbons (Fsp3) is 0.667. The number of allylic oxidation sites excluding steroid dienone is 2. The number of hydrogen-bond donors (Lipinski definition) is 0. The van der Waals surface area contributed by atoms with Gasteiger partial charge in [-0.25, -0.2) is 0 Å².